The van der Waals surface area contributed by atoms with Crippen LogP contribution in [0.4, 0.5) is 18.9 Å². The molecule has 0 spiro atoms. The number of nitrogens with one attached hydrogen (secondary N) is 1. The van der Waals surface area contributed by atoms with Crippen LogP contribution >= 0.6 is 11.6 Å². The zero-order valence-corrected chi connectivity index (χ0v) is 17.6. The Labute approximate surface area is 179 Å². The van der Waals surface area contributed by atoms with Gasteiger partial charge in [0.05, 0.1) is 17.4 Å². The number of halogens is 4. The van der Waals surface area contributed by atoms with Gasteiger partial charge < -0.3 is 0 Å². The van der Waals surface area contributed by atoms with E-state index >= 15 is 0 Å². The van der Waals surface area contributed by atoms with Crippen LogP contribution in [-0.2, 0) is 16.1 Å². The minimum Gasteiger partial charge on any atom is -0.283 e. The Morgan fingerprint density at radius 1 is 1.26 bits per heavy atom. The third-order valence-corrected chi connectivity index (χ3v) is 5.55. The van der Waals surface area contributed by atoms with Gasteiger partial charge in [0.15, 0.2) is 11.6 Å². The van der Waals surface area contributed by atoms with E-state index in [9.17, 15) is 17.4 Å². The minimum atomic E-state index is -4.74. The van der Waals surface area contributed by atoms with Crippen molar-refractivity contribution in [1.29, 1.82) is 0 Å². The third-order valence-electron chi connectivity index (χ3n) is 4.22. The molecule has 0 fully saturated rings. The van der Waals surface area contributed by atoms with Crippen molar-refractivity contribution in [2.75, 3.05) is 6.26 Å². The van der Waals surface area contributed by atoms with Crippen LogP contribution in [0, 0.1) is 0 Å². The molecule has 31 heavy (non-hydrogen) atoms. The molecule has 1 aromatic carbocycles. The number of nitrogens with zero attached hydrogens (tertiary/aromatic N) is 7. The van der Waals surface area contributed by atoms with E-state index in [2.05, 4.69) is 34.1 Å². The average molecular weight is 471 g/mol. The van der Waals surface area contributed by atoms with Gasteiger partial charge in [-0.3, -0.25) is 14.7 Å². The molecule has 14 heteroatoms. The number of alkyl halides is 3. The Balaban J connectivity index is 1.85. The Morgan fingerprint density at radius 3 is 2.71 bits per heavy atom. The van der Waals surface area contributed by atoms with Crippen LogP contribution in [0.1, 0.15) is 29.9 Å². The number of amidine groups is 1. The molecule has 0 saturated carbocycles. The van der Waals surface area contributed by atoms with Gasteiger partial charge in [0.2, 0.25) is 0 Å². The zero-order valence-electron chi connectivity index (χ0n) is 16.0. The van der Waals surface area contributed by atoms with Crippen molar-refractivity contribution in [3.63, 3.8) is 0 Å². The van der Waals surface area contributed by atoms with E-state index in [1.54, 1.807) is 6.92 Å². The monoisotopic (exact) mass is 470 g/mol. The van der Waals surface area contributed by atoms with E-state index in [4.69, 9.17) is 11.6 Å². The fourth-order valence-electron chi connectivity index (χ4n) is 2.99. The molecule has 0 radical (unpaired) electrons. The number of benzene rings is 1. The van der Waals surface area contributed by atoms with E-state index in [0.717, 1.165) is 6.07 Å². The molecule has 0 bridgehead atoms. The number of aliphatic imine (C=N–C) groups is 1. The lowest BCUT2D eigenvalue weighted by molar-refractivity contribution is -0.137. The highest BCUT2D eigenvalue weighted by atomic mass is 35.5. The van der Waals surface area contributed by atoms with Gasteiger partial charge in [-0.15, -0.1) is 0 Å². The second-order valence-corrected chi connectivity index (χ2v) is 9.02. The highest BCUT2D eigenvalue weighted by molar-refractivity contribution is 7.91. The number of fused-ring (bicyclic) bond motifs is 1. The number of rotatable bonds is 3. The fourth-order valence-corrected chi connectivity index (χ4v) is 4.32. The lowest BCUT2D eigenvalue weighted by atomic mass is 10.1. The van der Waals surface area contributed by atoms with Crippen molar-refractivity contribution in [1.82, 2.24) is 29.5 Å². The minimum absolute atomic E-state index is 0.0157. The topological polar surface area (TPSA) is 110 Å². The molecule has 2 atom stereocenters. The van der Waals surface area contributed by atoms with Crippen molar-refractivity contribution >= 4 is 33.0 Å². The summed E-state index contributed by atoms with van der Waals surface area (Å²) in [4.78, 5) is 16.7. The van der Waals surface area contributed by atoms with Gasteiger partial charge in [-0.05, 0) is 19.1 Å². The summed E-state index contributed by atoms with van der Waals surface area (Å²) in [5.74, 6) is 0.682. The number of hydrogen-bond acceptors (Lipinski definition) is 7. The molecule has 9 nitrogen and oxygen atoms in total. The SMILES string of the molecule is C[C@H](N=C1NS(C)(=O)=Nc2c1cc(Cl)cc2C(F)(F)F)c1ncnn1-c1cnccn1. The molecule has 1 aliphatic heterocycles. The molecule has 3 heterocycles. The summed E-state index contributed by atoms with van der Waals surface area (Å²) >= 11 is 5.93. The van der Waals surface area contributed by atoms with Crippen LogP contribution in [-0.4, -0.2) is 41.0 Å². The molecule has 0 aliphatic carbocycles. The van der Waals surface area contributed by atoms with Crippen LogP contribution < -0.4 is 4.72 Å². The van der Waals surface area contributed by atoms with E-state index in [1.165, 1.54) is 41.9 Å². The van der Waals surface area contributed by atoms with Crippen molar-refractivity contribution < 1.29 is 17.4 Å². The fraction of sp³-hybridized carbons (Fsp3) is 0.235. The predicted octanol–water partition coefficient (Wildman–Crippen LogP) is 3.48. The van der Waals surface area contributed by atoms with Gasteiger partial charge >= 0.3 is 6.18 Å². The molecular formula is C17H14ClF3N8OS. The van der Waals surface area contributed by atoms with E-state index < -0.39 is 33.4 Å². The first-order valence-electron chi connectivity index (χ1n) is 8.70. The first-order valence-corrected chi connectivity index (χ1v) is 11.0. The van der Waals surface area contributed by atoms with Gasteiger partial charge in [0.1, 0.15) is 28.1 Å². The van der Waals surface area contributed by atoms with Crippen LogP contribution in [0.2, 0.25) is 5.02 Å². The van der Waals surface area contributed by atoms with Crippen LogP contribution in [0.15, 0.2) is 46.4 Å². The molecule has 0 saturated heterocycles. The van der Waals surface area contributed by atoms with Gasteiger partial charge in [-0.1, -0.05) is 11.6 Å². The van der Waals surface area contributed by atoms with Crippen molar-refractivity contribution in [3.8, 4) is 5.82 Å². The lowest BCUT2D eigenvalue weighted by Gasteiger charge is -2.23. The molecule has 1 N–H and O–H groups in total. The summed E-state index contributed by atoms with van der Waals surface area (Å²) in [6.45, 7) is 1.66. The van der Waals surface area contributed by atoms with E-state index in [0.29, 0.717) is 11.6 Å². The standard InChI is InChI=1S/C17H14ClF3N8OS/c1-9(16-24-8-25-29(16)13-7-22-3-4-23-13)26-15-11-5-10(18)6-12(17(19,20)21)14(11)27-31(2,30)28-15/h3-9H,1-2H3,(H,26,27,28,30)/t9-,31?/m0/s1. The molecule has 0 amide bonds. The van der Waals surface area contributed by atoms with E-state index in [1.807, 2.05) is 0 Å². The third kappa shape index (κ3) is 4.23. The normalized spacial score (nSPS) is 20.6. The molecule has 162 valence electrons. The molecule has 1 unspecified atom stereocenters. The molecule has 1 aliphatic rings. The number of hydrogen-bond donors (Lipinski definition) is 1. The van der Waals surface area contributed by atoms with Crippen LogP contribution in [0.3, 0.4) is 0 Å². The summed E-state index contributed by atoms with van der Waals surface area (Å²) in [7, 11) is -3.23. The van der Waals surface area contributed by atoms with Crippen LogP contribution in [0.25, 0.3) is 5.82 Å². The molecule has 3 aromatic rings. The van der Waals surface area contributed by atoms with Crippen LogP contribution in [0.5, 0.6) is 0 Å². The zero-order chi connectivity index (χ0) is 22.4. The second kappa shape index (κ2) is 7.57. The van der Waals surface area contributed by atoms with Gasteiger partial charge in [0, 0.05) is 29.2 Å². The van der Waals surface area contributed by atoms with Crippen molar-refractivity contribution in [2.24, 2.45) is 9.36 Å². The van der Waals surface area contributed by atoms with Gasteiger partial charge in [0.25, 0.3) is 0 Å². The predicted molar refractivity (Wildman–Crippen MR) is 108 cm³/mol. The quantitative estimate of drug-likeness (QED) is 0.630. The molecule has 4 rings (SSSR count). The highest BCUT2D eigenvalue weighted by Crippen LogP contribution is 2.42. The van der Waals surface area contributed by atoms with Crippen molar-refractivity contribution in [2.45, 2.75) is 19.1 Å². The summed E-state index contributed by atoms with van der Waals surface area (Å²) in [6, 6.07) is 1.33. The summed E-state index contributed by atoms with van der Waals surface area (Å²) in [5.41, 5.74) is -1.59. The molecular weight excluding hydrogens is 457 g/mol. The van der Waals surface area contributed by atoms with E-state index in [-0.39, 0.29) is 16.4 Å². The first kappa shape index (κ1) is 21.2. The highest BCUT2D eigenvalue weighted by Gasteiger charge is 2.38. The molecule has 2 aromatic heterocycles. The Bertz CT molecular complexity index is 1300. The average Bonchev–Trinajstić information content (AvgIpc) is 3.17. The smallest absolute Gasteiger partial charge is 0.283 e. The van der Waals surface area contributed by atoms with Crippen molar-refractivity contribution in [3.05, 3.63) is 59.0 Å². The second-order valence-electron chi connectivity index (χ2n) is 6.59. The number of aromatic nitrogens is 5. The summed E-state index contributed by atoms with van der Waals surface area (Å²) in [5, 5.41) is 3.95. The maximum Gasteiger partial charge on any atom is 0.418 e. The Hall–Kier alpha value is -3.06. The maximum atomic E-state index is 13.6. The Morgan fingerprint density at radius 2 is 2.03 bits per heavy atom. The van der Waals surface area contributed by atoms with Gasteiger partial charge in [-0.2, -0.15) is 27.3 Å². The first-order chi connectivity index (χ1) is 14.5. The summed E-state index contributed by atoms with van der Waals surface area (Å²) in [6.07, 6.45) is 2.18. The summed E-state index contributed by atoms with van der Waals surface area (Å²) < 4.78 is 61.1. The Kier molecular flexibility index (Phi) is 5.17. The maximum absolute atomic E-state index is 13.6. The lowest BCUT2D eigenvalue weighted by Crippen LogP contribution is -2.34. The van der Waals surface area contributed by atoms with Gasteiger partial charge in [-0.25, -0.2) is 14.2 Å². The largest absolute Gasteiger partial charge is 0.418 e.